The first kappa shape index (κ1) is 12.0. The van der Waals surface area contributed by atoms with Crippen molar-refractivity contribution in [2.75, 3.05) is 19.8 Å². The van der Waals surface area contributed by atoms with Crippen molar-refractivity contribution in [3.63, 3.8) is 0 Å². The number of nitrogens with one attached hydrogen (secondary N) is 1. The van der Waals surface area contributed by atoms with Crippen LogP contribution in [0.5, 0.6) is 0 Å². The van der Waals surface area contributed by atoms with E-state index in [0.29, 0.717) is 5.54 Å². The molecule has 0 amide bonds. The van der Waals surface area contributed by atoms with E-state index in [1.807, 2.05) is 0 Å². The van der Waals surface area contributed by atoms with Crippen LogP contribution in [0.1, 0.15) is 51.9 Å². The Balaban J connectivity index is 1.49. The Morgan fingerprint density at radius 2 is 1.59 bits per heavy atom. The molecule has 4 saturated carbocycles. The van der Waals surface area contributed by atoms with Gasteiger partial charge in [0, 0.05) is 18.7 Å². The lowest BCUT2D eigenvalue weighted by atomic mass is 9.53. The predicted octanol–water partition coefficient (Wildman–Crippen LogP) is 2.97. The molecule has 0 aromatic heterocycles. The Kier molecular flexibility index (Phi) is 3.45. The highest BCUT2D eigenvalue weighted by Crippen LogP contribution is 2.55. The minimum absolute atomic E-state index is 0.518. The minimum atomic E-state index is 0.518. The zero-order valence-corrected chi connectivity index (χ0v) is 11.2. The van der Waals surface area contributed by atoms with Gasteiger partial charge < -0.3 is 10.1 Å². The normalized spacial score (nSPS) is 43.2. The first-order valence-corrected chi connectivity index (χ1v) is 7.62. The molecule has 0 heterocycles. The van der Waals surface area contributed by atoms with Crippen molar-refractivity contribution in [1.82, 2.24) is 5.32 Å². The largest absolute Gasteiger partial charge is 0.380 e. The maximum Gasteiger partial charge on any atom is 0.0591 e. The van der Waals surface area contributed by atoms with Crippen molar-refractivity contribution in [2.24, 2.45) is 17.8 Å². The maximum absolute atomic E-state index is 5.58. The molecule has 4 aliphatic rings. The van der Waals surface area contributed by atoms with E-state index in [-0.39, 0.29) is 0 Å². The molecule has 0 unspecified atom stereocenters. The van der Waals surface area contributed by atoms with Crippen LogP contribution in [0.3, 0.4) is 0 Å². The molecular formula is C15H27NO. The zero-order valence-electron chi connectivity index (χ0n) is 11.2. The molecule has 17 heavy (non-hydrogen) atoms. The van der Waals surface area contributed by atoms with Crippen LogP contribution in [0.2, 0.25) is 0 Å². The third-order valence-corrected chi connectivity index (χ3v) is 5.13. The smallest absolute Gasteiger partial charge is 0.0591 e. The summed E-state index contributed by atoms with van der Waals surface area (Å²) in [5, 5.41) is 3.86. The number of rotatable bonds is 6. The first-order chi connectivity index (χ1) is 8.30. The topological polar surface area (TPSA) is 21.3 Å². The fourth-order valence-corrected chi connectivity index (χ4v) is 4.96. The van der Waals surface area contributed by atoms with Gasteiger partial charge in [0.2, 0.25) is 0 Å². The van der Waals surface area contributed by atoms with Crippen LogP contribution in [-0.2, 0) is 4.74 Å². The van der Waals surface area contributed by atoms with Gasteiger partial charge in [0.25, 0.3) is 0 Å². The predicted molar refractivity (Wildman–Crippen MR) is 70.0 cm³/mol. The summed E-state index contributed by atoms with van der Waals surface area (Å²) in [5.74, 6) is 3.14. The monoisotopic (exact) mass is 237 g/mol. The highest BCUT2D eigenvalue weighted by molar-refractivity contribution is 5.06. The van der Waals surface area contributed by atoms with E-state index >= 15 is 0 Å². The third kappa shape index (κ3) is 2.53. The molecule has 0 atom stereocenters. The third-order valence-electron chi connectivity index (χ3n) is 5.13. The van der Waals surface area contributed by atoms with Crippen LogP contribution in [0.4, 0.5) is 0 Å². The molecule has 4 rings (SSSR count). The second kappa shape index (κ2) is 4.89. The molecule has 0 radical (unpaired) electrons. The number of hydrogen-bond donors (Lipinski definition) is 1. The van der Waals surface area contributed by atoms with E-state index < -0.39 is 0 Å². The van der Waals surface area contributed by atoms with Crippen LogP contribution in [0.25, 0.3) is 0 Å². The lowest BCUT2D eigenvalue weighted by molar-refractivity contribution is -0.0228. The molecule has 0 spiro atoms. The molecular weight excluding hydrogens is 210 g/mol. The van der Waals surface area contributed by atoms with Gasteiger partial charge in [0.15, 0.2) is 0 Å². The average molecular weight is 237 g/mol. The number of hydrogen-bond acceptors (Lipinski definition) is 2. The second-order valence-corrected chi connectivity index (χ2v) is 6.74. The molecule has 2 heteroatoms. The zero-order chi connectivity index (χ0) is 11.7. The molecule has 0 aromatic carbocycles. The molecule has 1 N–H and O–H groups in total. The van der Waals surface area contributed by atoms with Crippen molar-refractivity contribution < 1.29 is 4.74 Å². The van der Waals surface area contributed by atoms with Gasteiger partial charge in [-0.15, -0.1) is 0 Å². The van der Waals surface area contributed by atoms with Gasteiger partial charge in [-0.3, -0.25) is 0 Å². The van der Waals surface area contributed by atoms with Crippen LogP contribution >= 0.6 is 0 Å². The Morgan fingerprint density at radius 3 is 2.12 bits per heavy atom. The van der Waals surface area contributed by atoms with Crippen molar-refractivity contribution in [2.45, 2.75) is 57.4 Å². The maximum atomic E-state index is 5.58. The SMILES string of the molecule is CCCOCCNC12CC3CC(CC(C3)C1)C2. The summed E-state index contributed by atoms with van der Waals surface area (Å²) in [7, 11) is 0. The summed E-state index contributed by atoms with van der Waals surface area (Å²) in [6.45, 7) is 5.05. The fourth-order valence-electron chi connectivity index (χ4n) is 4.96. The first-order valence-electron chi connectivity index (χ1n) is 7.62. The summed E-state index contributed by atoms with van der Waals surface area (Å²) in [5.41, 5.74) is 0.518. The summed E-state index contributed by atoms with van der Waals surface area (Å²) >= 11 is 0. The van der Waals surface area contributed by atoms with Gasteiger partial charge >= 0.3 is 0 Å². The molecule has 4 fully saturated rings. The second-order valence-electron chi connectivity index (χ2n) is 6.74. The summed E-state index contributed by atoms with van der Waals surface area (Å²) in [6, 6.07) is 0. The van der Waals surface area contributed by atoms with E-state index in [0.717, 1.165) is 43.9 Å². The summed E-state index contributed by atoms with van der Waals surface area (Å²) in [6.07, 6.45) is 10.1. The van der Waals surface area contributed by atoms with Gasteiger partial charge in [-0.2, -0.15) is 0 Å². The van der Waals surface area contributed by atoms with E-state index in [2.05, 4.69) is 12.2 Å². The van der Waals surface area contributed by atoms with Crippen molar-refractivity contribution >= 4 is 0 Å². The van der Waals surface area contributed by atoms with Crippen LogP contribution < -0.4 is 5.32 Å². The Hall–Kier alpha value is -0.0800. The van der Waals surface area contributed by atoms with E-state index in [4.69, 9.17) is 4.74 Å². The summed E-state index contributed by atoms with van der Waals surface area (Å²) in [4.78, 5) is 0. The molecule has 98 valence electrons. The van der Waals surface area contributed by atoms with Crippen LogP contribution in [0, 0.1) is 17.8 Å². The molecule has 0 aliphatic heterocycles. The standard InChI is InChI=1S/C15H27NO/c1-2-4-17-5-3-16-15-9-12-6-13(10-15)8-14(7-12)11-15/h12-14,16H,2-11H2,1H3. The van der Waals surface area contributed by atoms with Crippen LogP contribution in [0.15, 0.2) is 0 Å². The van der Waals surface area contributed by atoms with Gasteiger partial charge in [0.1, 0.15) is 0 Å². The molecule has 4 bridgehead atoms. The number of ether oxygens (including phenoxy) is 1. The lowest BCUT2D eigenvalue weighted by Gasteiger charge is -2.57. The lowest BCUT2D eigenvalue weighted by Crippen LogP contribution is -2.58. The van der Waals surface area contributed by atoms with Gasteiger partial charge in [-0.25, -0.2) is 0 Å². The summed E-state index contributed by atoms with van der Waals surface area (Å²) < 4.78 is 5.58. The Labute approximate surface area is 105 Å². The quantitative estimate of drug-likeness (QED) is 0.717. The van der Waals surface area contributed by atoms with Gasteiger partial charge in [-0.05, 0) is 62.7 Å². The van der Waals surface area contributed by atoms with Crippen molar-refractivity contribution in [3.05, 3.63) is 0 Å². The Morgan fingerprint density at radius 1 is 1.00 bits per heavy atom. The molecule has 0 saturated heterocycles. The molecule has 0 aromatic rings. The highest BCUT2D eigenvalue weighted by Gasteiger charge is 2.50. The fraction of sp³-hybridized carbons (Fsp3) is 1.00. The van der Waals surface area contributed by atoms with E-state index in [1.54, 1.807) is 0 Å². The van der Waals surface area contributed by atoms with E-state index in [9.17, 15) is 0 Å². The van der Waals surface area contributed by atoms with Gasteiger partial charge in [-0.1, -0.05) is 6.92 Å². The van der Waals surface area contributed by atoms with Crippen molar-refractivity contribution in [1.29, 1.82) is 0 Å². The van der Waals surface area contributed by atoms with Crippen LogP contribution in [-0.4, -0.2) is 25.3 Å². The molecule has 4 aliphatic carbocycles. The average Bonchev–Trinajstić information content (AvgIpc) is 2.26. The van der Waals surface area contributed by atoms with E-state index in [1.165, 1.54) is 38.5 Å². The minimum Gasteiger partial charge on any atom is -0.380 e. The van der Waals surface area contributed by atoms with Gasteiger partial charge in [0.05, 0.1) is 6.61 Å². The molecule has 2 nitrogen and oxygen atoms in total. The highest BCUT2D eigenvalue weighted by atomic mass is 16.5. The van der Waals surface area contributed by atoms with Crippen molar-refractivity contribution in [3.8, 4) is 0 Å². The Bertz CT molecular complexity index is 228.